The van der Waals surface area contributed by atoms with Crippen LogP contribution >= 0.6 is 0 Å². The predicted octanol–water partition coefficient (Wildman–Crippen LogP) is 6.49. The van der Waals surface area contributed by atoms with Crippen molar-refractivity contribution in [2.45, 2.75) is 46.2 Å². The molecular weight excluding hydrogens is 358 g/mol. The molecule has 0 spiro atoms. The Bertz CT molecular complexity index is 718. The van der Waals surface area contributed by atoms with Crippen LogP contribution < -0.4 is 0 Å². The minimum absolute atomic E-state index is 0.0103. The molecule has 0 heterocycles. The van der Waals surface area contributed by atoms with Crippen molar-refractivity contribution in [3.8, 4) is 0 Å². The van der Waals surface area contributed by atoms with E-state index in [9.17, 15) is 26.3 Å². The molecule has 0 radical (unpaired) electrons. The van der Waals surface area contributed by atoms with E-state index in [0.29, 0.717) is 5.57 Å². The third kappa shape index (κ3) is 3.71. The van der Waals surface area contributed by atoms with E-state index in [0.717, 1.165) is 23.3 Å². The van der Waals surface area contributed by atoms with E-state index < -0.39 is 32.3 Å². The van der Waals surface area contributed by atoms with Gasteiger partial charge in [0.05, 0.1) is 19.9 Å². The first kappa shape index (κ1) is 19.8. The number of rotatable bonds is 2. The molecule has 1 atom stereocenters. The Balaban J connectivity index is 2.68. The van der Waals surface area contributed by atoms with Crippen LogP contribution in [0, 0.1) is 5.92 Å². The summed E-state index contributed by atoms with van der Waals surface area (Å²) in [5.74, 6) is -0.156. The second-order valence-electron chi connectivity index (χ2n) is 6.79. The molecular formula is C18H20F6Si. The summed E-state index contributed by atoms with van der Waals surface area (Å²) in [5.41, 5.74) is -0.150. The number of hydrogen-bond donors (Lipinski definition) is 0. The topological polar surface area (TPSA) is 0 Å². The molecule has 0 bridgehead atoms. The predicted molar refractivity (Wildman–Crippen MR) is 89.8 cm³/mol. The van der Waals surface area contributed by atoms with E-state index in [1.54, 1.807) is 6.92 Å². The molecule has 25 heavy (non-hydrogen) atoms. The highest BCUT2D eigenvalue weighted by atomic mass is 28.3. The molecule has 0 aliphatic heterocycles. The van der Waals surface area contributed by atoms with Gasteiger partial charge in [-0.1, -0.05) is 30.8 Å². The molecule has 1 aromatic carbocycles. The van der Waals surface area contributed by atoms with E-state index in [4.69, 9.17) is 0 Å². The zero-order chi connectivity index (χ0) is 19.3. The molecule has 2 rings (SSSR count). The summed E-state index contributed by atoms with van der Waals surface area (Å²) in [7, 11) is -1.24. The van der Waals surface area contributed by atoms with Crippen molar-refractivity contribution < 1.29 is 26.3 Å². The quantitative estimate of drug-likeness (QED) is 0.408. The summed E-state index contributed by atoms with van der Waals surface area (Å²) in [5, 5.41) is 1.19. The van der Waals surface area contributed by atoms with Gasteiger partial charge in [0.15, 0.2) is 0 Å². The summed E-state index contributed by atoms with van der Waals surface area (Å²) in [6.45, 7) is 9.76. The lowest BCUT2D eigenvalue weighted by atomic mass is 9.91. The monoisotopic (exact) mass is 378 g/mol. The SMILES string of the molecule is CC1=C(c2cc(C(F)(F)F)cc(C(F)(F)F)c2)C(C)C([SiH](C)C)=C1C. The zero-order valence-electron chi connectivity index (χ0n) is 14.7. The van der Waals surface area contributed by atoms with Crippen LogP contribution in [0.4, 0.5) is 26.3 Å². The van der Waals surface area contributed by atoms with Crippen LogP contribution in [0.5, 0.6) is 0 Å². The molecule has 0 nitrogen and oxygen atoms in total. The second kappa shape index (κ2) is 6.34. The Kier molecular flexibility index (Phi) is 5.02. The van der Waals surface area contributed by atoms with E-state index in [1.165, 1.54) is 5.20 Å². The van der Waals surface area contributed by atoms with Gasteiger partial charge >= 0.3 is 12.4 Å². The van der Waals surface area contributed by atoms with E-state index in [2.05, 4.69) is 13.1 Å². The smallest absolute Gasteiger partial charge is 0.166 e. The molecule has 0 amide bonds. The van der Waals surface area contributed by atoms with Crippen molar-refractivity contribution in [1.82, 2.24) is 0 Å². The van der Waals surface area contributed by atoms with Gasteiger partial charge in [0.2, 0.25) is 0 Å². The fourth-order valence-electron chi connectivity index (χ4n) is 3.73. The maximum absolute atomic E-state index is 13.1. The summed E-state index contributed by atoms with van der Waals surface area (Å²) < 4.78 is 78.7. The van der Waals surface area contributed by atoms with Gasteiger partial charge in [0, 0.05) is 0 Å². The van der Waals surface area contributed by atoms with Crippen LogP contribution in [-0.4, -0.2) is 8.80 Å². The van der Waals surface area contributed by atoms with Gasteiger partial charge < -0.3 is 0 Å². The Morgan fingerprint density at radius 2 is 1.24 bits per heavy atom. The highest BCUT2D eigenvalue weighted by Gasteiger charge is 2.38. The van der Waals surface area contributed by atoms with Crippen molar-refractivity contribution in [2.24, 2.45) is 5.92 Å². The highest BCUT2D eigenvalue weighted by molar-refractivity contribution is 6.64. The molecule has 0 saturated carbocycles. The summed E-state index contributed by atoms with van der Waals surface area (Å²) in [4.78, 5) is 0. The van der Waals surface area contributed by atoms with Gasteiger partial charge in [-0.05, 0) is 54.7 Å². The Hall–Kier alpha value is -1.50. The van der Waals surface area contributed by atoms with Gasteiger partial charge in [-0.25, -0.2) is 0 Å². The Morgan fingerprint density at radius 1 is 0.800 bits per heavy atom. The molecule has 0 aromatic heterocycles. The van der Waals surface area contributed by atoms with Gasteiger partial charge in [-0.15, -0.1) is 0 Å². The molecule has 1 aliphatic rings. The van der Waals surface area contributed by atoms with Gasteiger partial charge in [-0.2, -0.15) is 26.3 Å². The lowest BCUT2D eigenvalue weighted by molar-refractivity contribution is -0.143. The number of allylic oxidation sites excluding steroid dienone is 4. The van der Waals surface area contributed by atoms with E-state index in [1.807, 2.05) is 13.8 Å². The van der Waals surface area contributed by atoms with Crippen LogP contribution in [0.2, 0.25) is 13.1 Å². The minimum atomic E-state index is -4.83. The van der Waals surface area contributed by atoms with E-state index >= 15 is 0 Å². The number of hydrogen-bond acceptors (Lipinski definition) is 0. The van der Waals surface area contributed by atoms with Crippen molar-refractivity contribution in [3.63, 3.8) is 0 Å². The third-order valence-corrected chi connectivity index (χ3v) is 7.00. The molecule has 1 unspecified atom stereocenters. The van der Waals surface area contributed by atoms with Gasteiger partial charge in [0.1, 0.15) is 0 Å². The van der Waals surface area contributed by atoms with Crippen LogP contribution in [-0.2, 0) is 12.4 Å². The van der Waals surface area contributed by atoms with Gasteiger partial charge in [0.25, 0.3) is 0 Å². The summed E-state index contributed by atoms with van der Waals surface area (Å²) in [6, 6.07) is 1.85. The number of benzene rings is 1. The van der Waals surface area contributed by atoms with Crippen molar-refractivity contribution >= 4 is 14.4 Å². The van der Waals surface area contributed by atoms with Crippen LogP contribution in [0.25, 0.3) is 5.57 Å². The largest absolute Gasteiger partial charge is 0.416 e. The van der Waals surface area contributed by atoms with Gasteiger partial charge in [-0.3, -0.25) is 0 Å². The van der Waals surface area contributed by atoms with Crippen LogP contribution in [0.1, 0.15) is 37.5 Å². The number of alkyl halides is 6. The zero-order valence-corrected chi connectivity index (χ0v) is 15.8. The van der Waals surface area contributed by atoms with Crippen LogP contribution in [0.15, 0.2) is 34.5 Å². The minimum Gasteiger partial charge on any atom is -0.166 e. The molecule has 1 aromatic rings. The first-order valence-electron chi connectivity index (χ1n) is 7.96. The molecule has 0 N–H and O–H groups in total. The fourth-order valence-corrected chi connectivity index (χ4v) is 5.98. The Labute approximate surface area is 144 Å². The van der Waals surface area contributed by atoms with Crippen molar-refractivity contribution in [2.75, 3.05) is 0 Å². The Morgan fingerprint density at radius 3 is 1.56 bits per heavy atom. The van der Waals surface area contributed by atoms with E-state index in [-0.39, 0.29) is 17.5 Å². The highest BCUT2D eigenvalue weighted by Crippen LogP contribution is 2.46. The first-order valence-corrected chi connectivity index (χ1v) is 10.9. The standard InChI is InChI=1S/C18H20F6Si/c1-9-10(2)16(25(4)5)11(3)15(9)12-6-13(17(19,20)21)8-14(7-12)18(22,23)24/h6-8,11,25H,1-5H3. The molecule has 0 fully saturated rings. The van der Waals surface area contributed by atoms with Crippen molar-refractivity contribution in [1.29, 1.82) is 0 Å². The average Bonchev–Trinajstić information content (AvgIpc) is 2.66. The van der Waals surface area contributed by atoms with Crippen LogP contribution in [0.3, 0.4) is 0 Å². The third-order valence-electron chi connectivity index (χ3n) is 4.82. The molecule has 1 aliphatic carbocycles. The number of halogens is 6. The summed E-state index contributed by atoms with van der Waals surface area (Å²) >= 11 is 0. The fraction of sp³-hybridized carbons (Fsp3) is 0.444. The normalized spacial score (nSPS) is 19.4. The lowest BCUT2D eigenvalue weighted by Gasteiger charge is -2.20. The molecule has 138 valence electrons. The average molecular weight is 378 g/mol. The first-order chi connectivity index (χ1) is 11.2. The van der Waals surface area contributed by atoms with Crippen molar-refractivity contribution in [3.05, 3.63) is 51.2 Å². The molecule has 7 heteroatoms. The second-order valence-corrected chi connectivity index (χ2v) is 9.72. The maximum atomic E-state index is 13.1. The lowest BCUT2D eigenvalue weighted by Crippen LogP contribution is -2.15. The summed E-state index contributed by atoms with van der Waals surface area (Å²) in [6.07, 6.45) is -9.66. The maximum Gasteiger partial charge on any atom is 0.416 e. The molecule has 0 saturated heterocycles.